The SMILES string of the molecule is O=C(O)/C1=C(\C(=O)O)CCCCCCCCC1. The van der Waals surface area contributed by atoms with Crippen molar-refractivity contribution in [2.75, 3.05) is 0 Å². The molecule has 0 radical (unpaired) electrons. The van der Waals surface area contributed by atoms with Crippen LogP contribution in [-0.2, 0) is 9.59 Å². The lowest BCUT2D eigenvalue weighted by atomic mass is 9.98. The summed E-state index contributed by atoms with van der Waals surface area (Å²) in [5.41, 5.74) is 0.221. The molecule has 2 N–H and O–H groups in total. The lowest BCUT2D eigenvalue weighted by Gasteiger charge is -2.07. The van der Waals surface area contributed by atoms with Gasteiger partial charge in [-0.1, -0.05) is 32.1 Å². The Balaban J connectivity index is 2.86. The summed E-state index contributed by atoms with van der Waals surface area (Å²) < 4.78 is 0. The minimum absolute atomic E-state index is 0.111. The molecular weight excluding hydrogens is 220 g/mol. The van der Waals surface area contributed by atoms with E-state index >= 15 is 0 Å². The summed E-state index contributed by atoms with van der Waals surface area (Å²) in [7, 11) is 0. The van der Waals surface area contributed by atoms with Gasteiger partial charge in [0.15, 0.2) is 0 Å². The van der Waals surface area contributed by atoms with Crippen molar-refractivity contribution in [2.24, 2.45) is 0 Å². The molecule has 0 aliphatic heterocycles. The van der Waals surface area contributed by atoms with Crippen LogP contribution in [0, 0.1) is 0 Å². The van der Waals surface area contributed by atoms with Crippen LogP contribution in [0.4, 0.5) is 0 Å². The zero-order chi connectivity index (χ0) is 12.7. The standard InChI is InChI=1S/C13H20O4/c14-12(15)10-8-6-4-2-1-3-5-7-9-11(10)13(16)17/h1-9H2,(H,14,15)(H,16,17)/b11-10-. The van der Waals surface area contributed by atoms with Gasteiger partial charge < -0.3 is 10.2 Å². The monoisotopic (exact) mass is 240 g/mol. The molecule has 0 aromatic rings. The molecule has 0 saturated heterocycles. The summed E-state index contributed by atoms with van der Waals surface area (Å²) in [6.07, 6.45) is 7.72. The molecule has 0 spiro atoms. The fourth-order valence-corrected chi connectivity index (χ4v) is 2.26. The van der Waals surface area contributed by atoms with Crippen molar-refractivity contribution in [1.82, 2.24) is 0 Å². The quantitative estimate of drug-likeness (QED) is 0.778. The fourth-order valence-electron chi connectivity index (χ4n) is 2.26. The highest BCUT2D eigenvalue weighted by Gasteiger charge is 2.19. The van der Waals surface area contributed by atoms with Crippen molar-refractivity contribution < 1.29 is 19.8 Å². The Hall–Kier alpha value is -1.32. The molecule has 4 heteroatoms. The number of rotatable bonds is 2. The molecule has 1 aliphatic carbocycles. The van der Waals surface area contributed by atoms with Crippen LogP contribution in [-0.4, -0.2) is 22.2 Å². The van der Waals surface area contributed by atoms with E-state index < -0.39 is 11.9 Å². The van der Waals surface area contributed by atoms with Gasteiger partial charge in [-0.25, -0.2) is 9.59 Å². The highest BCUT2D eigenvalue weighted by atomic mass is 16.4. The molecule has 0 aromatic heterocycles. The zero-order valence-corrected chi connectivity index (χ0v) is 10.1. The van der Waals surface area contributed by atoms with Gasteiger partial charge in [0.1, 0.15) is 0 Å². The van der Waals surface area contributed by atoms with Crippen LogP contribution in [0.5, 0.6) is 0 Å². The summed E-state index contributed by atoms with van der Waals surface area (Å²) in [5, 5.41) is 18.2. The van der Waals surface area contributed by atoms with Crippen LogP contribution in [0.3, 0.4) is 0 Å². The van der Waals surface area contributed by atoms with Crippen LogP contribution < -0.4 is 0 Å². The van der Waals surface area contributed by atoms with Crippen molar-refractivity contribution in [3.63, 3.8) is 0 Å². The lowest BCUT2D eigenvalue weighted by molar-refractivity contribution is -0.136. The largest absolute Gasteiger partial charge is 0.478 e. The predicted molar refractivity (Wildman–Crippen MR) is 63.9 cm³/mol. The fraction of sp³-hybridized carbons (Fsp3) is 0.692. The lowest BCUT2D eigenvalue weighted by Crippen LogP contribution is -2.11. The average molecular weight is 240 g/mol. The first-order valence-electron chi connectivity index (χ1n) is 6.31. The first-order valence-corrected chi connectivity index (χ1v) is 6.31. The van der Waals surface area contributed by atoms with Crippen molar-refractivity contribution in [1.29, 1.82) is 0 Å². The maximum Gasteiger partial charge on any atom is 0.332 e. The van der Waals surface area contributed by atoms with Gasteiger partial charge in [-0.05, 0) is 25.7 Å². The van der Waals surface area contributed by atoms with Gasteiger partial charge in [0.25, 0.3) is 0 Å². The topological polar surface area (TPSA) is 74.6 Å². The Morgan fingerprint density at radius 3 is 1.24 bits per heavy atom. The molecule has 0 unspecified atom stereocenters. The zero-order valence-electron chi connectivity index (χ0n) is 10.1. The normalized spacial score (nSPS) is 23.8. The van der Waals surface area contributed by atoms with Crippen LogP contribution in [0.25, 0.3) is 0 Å². The van der Waals surface area contributed by atoms with Gasteiger partial charge in [0, 0.05) is 11.1 Å². The molecule has 0 fully saturated rings. The molecule has 0 amide bonds. The minimum atomic E-state index is -1.07. The second-order valence-electron chi connectivity index (χ2n) is 4.54. The maximum atomic E-state index is 11.1. The van der Waals surface area contributed by atoms with Gasteiger partial charge in [-0.3, -0.25) is 0 Å². The summed E-state index contributed by atoms with van der Waals surface area (Å²) in [6, 6.07) is 0. The number of hydrogen-bond donors (Lipinski definition) is 2. The molecule has 96 valence electrons. The minimum Gasteiger partial charge on any atom is -0.478 e. The highest BCUT2D eigenvalue weighted by molar-refractivity contribution is 5.98. The molecule has 4 nitrogen and oxygen atoms in total. The third-order valence-corrected chi connectivity index (χ3v) is 3.23. The average Bonchev–Trinajstić information content (AvgIpc) is 2.31. The number of hydrogen-bond acceptors (Lipinski definition) is 2. The van der Waals surface area contributed by atoms with Gasteiger partial charge >= 0.3 is 11.9 Å². The van der Waals surface area contributed by atoms with E-state index in [-0.39, 0.29) is 11.1 Å². The van der Waals surface area contributed by atoms with Crippen molar-refractivity contribution >= 4 is 11.9 Å². The summed E-state index contributed by atoms with van der Waals surface area (Å²) in [6.45, 7) is 0. The summed E-state index contributed by atoms with van der Waals surface area (Å²) in [4.78, 5) is 22.2. The smallest absolute Gasteiger partial charge is 0.332 e. The second-order valence-corrected chi connectivity index (χ2v) is 4.54. The molecule has 0 bridgehead atoms. The Morgan fingerprint density at radius 2 is 0.941 bits per heavy atom. The number of carboxylic acid groups (broad SMARTS) is 2. The van der Waals surface area contributed by atoms with E-state index in [1.54, 1.807) is 0 Å². The number of aliphatic carboxylic acids is 2. The molecule has 0 atom stereocenters. The van der Waals surface area contributed by atoms with E-state index in [9.17, 15) is 9.59 Å². The molecule has 0 saturated carbocycles. The van der Waals surface area contributed by atoms with Gasteiger partial charge in [0.2, 0.25) is 0 Å². The van der Waals surface area contributed by atoms with Crippen molar-refractivity contribution in [3.8, 4) is 0 Å². The molecule has 17 heavy (non-hydrogen) atoms. The van der Waals surface area contributed by atoms with Gasteiger partial charge in [-0.2, -0.15) is 0 Å². The van der Waals surface area contributed by atoms with E-state index in [4.69, 9.17) is 10.2 Å². The Bertz CT molecular complexity index is 287. The Morgan fingerprint density at radius 1 is 0.647 bits per heavy atom. The Kier molecular flexibility index (Phi) is 5.73. The van der Waals surface area contributed by atoms with E-state index in [2.05, 4.69) is 0 Å². The van der Waals surface area contributed by atoms with Crippen LogP contribution in [0.2, 0.25) is 0 Å². The van der Waals surface area contributed by atoms with E-state index in [1.165, 1.54) is 6.42 Å². The molecular formula is C13H20O4. The molecule has 0 aromatic carbocycles. The van der Waals surface area contributed by atoms with Crippen molar-refractivity contribution in [2.45, 2.75) is 57.8 Å². The maximum absolute atomic E-state index is 11.1. The van der Waals surface area contributed by atoms with Crippen LogP contribution in [0.1, 0.15) is 57.8 Å². The number of carbonyl (C=O) groups is 2. The molecule has 1 aliphatic rings. The predicted octanol–water partition coefficient (Wildman–Crippen LogP) is 2.98. The van der Waals surface area contributed by atoms with Crippen LogP contribution in [0.15, 0.2) is 11.1 Å². The van der Waals surface area contributed by atoms with Gasteiger partial charge in [0.05, 0.1) is 0 Å². The van der Waals surface area contributed by atoms with E-state index in [0.717, 1.165) is 38.5 Å². The number of carboxylic acids is 2. The first kappa shape index (κ1) is 13.7. The second kappa shape index (κ2) is 7.09. The summed E-state index contributed by atoms with van der Waals surface area (Å²) in [5.74, 6) is -2.14. The third-order valence-electron chi connectivity index (χ3n) is 3.23. The molecule has 1 rings (SSSR count). The van der Waals surface area contributed by atoms with E-state index in [0.29, 0.717) is 12.8 Å². The first-order chi connectivity index (χ1) is 8.13. The Labute approximate surface area is 101 Å². The van der Waals surface area contributed by atoms with Crippen molar-refractivity contribution in [3.05, 3.63) is 11.1 Å². The highest BCUT2D eigenvalue weighted by Crippen LogP contribution is 2.22. The van der Waals surface area contributed by atoms with Crippen LogP contribution >= 0.6 is 0 Å². The molecule has 0 heterocycles. The third kappa shape index (κ3) is 4.59. The van der Waals surface area contributed by atoms with Gasteiger partial charge in [-0.15, -0.1) is 0 Å². The summed E-state index contributed by atoms with van der Waals surface area (Å²) >= 11 is 0. The van der Waals surface area contributed by atoms with E-state index in [1.807, 2.05) is 0 Å².